The molecule has 2 heterocycles. The molecular weight excluding hydrogens is 394 g/mol. The van der Waals surface area contributed by atoms with Gasteiger partial charge in [-0.15, -0.1) is 0 Å². The molecule has 30 heavy (non-hydrogen) atoms. The first-order valence-corrected chi connectivity index (χ1v) is 11.0. The number of rotatable bonds is 3. The van der Waals surface area contributed by atoms with Gasteiger partial charge in [-0.05, 0) is 23.1 Å². The van der Waals surface area contributed by atoms with E-state index in [2.05, 4.69) is 52.5 Å². The van der Waals surface area contributed by atoms with Crippen molar-refractivity contribution in [3.63, 3.8) is 0 Å². The van der Waals surface area contributed by atoms with Gasteiger partial charge in [0.05, 0.1) is 0 Å². The molecule has 4 rings (SSSR count). The fraction of sp³-hybridized carbons (Fsp3) is 0.348. The molecule has 6 nitrogen and oxygen atoms in total. The third-order valence-corrected chi connectivity index (χ3v) is 6.06. The minimum atomic E-state index is -0.0552. The van der Waals surface area contributed by atoms with Gasteiger partial charge >= 0.3 is 6.03 Å². The lowest BCUT2D eigenvalue weighted by Gasteiger charge is -2.34. The van der Waals surface area contributed by atoms with E-state index in [0.717, 1.165) is 35.3 Å². The van der Waals surface area contributed by atoms with Crippen LogP contribution in [0.3, 0.4) is 0 Å². The largest absolute Gasteiger partial charge is 0.343 e. The highest BCUT2D eigenvalue weighted by molar-refractivity contribution is 7.09. The first kappa shape index (κ1) is 20.3. The molecule has 7 heteroatoms. The van der Waals surface area contributed by atoms with Crippen LogP contribution in [0.2, 0.25) is 0 Å². The zero-order chi connectivity index (χ0) is 21.1. The fourth-order valence-electron chi connectivity index (χ4n) is 3.41. The molecule has 0 radical (unpaired) electrons. The van der Waals surface area contributed by atoms with Crippen molar-refractivity contribution >= 4 is 28.4 Å². The third-order valence-electron chi connectivity index (χ3n) is 5.29. The lowest BCUT2D eigenvalue weighted by atomic mass is 9.87. The number of nitrogens with zero attached hydrogens (tertiary/aromatic N) is 4. The summed E-state index contributed by atoms with van der Waals surface area (Å²) in [5.74, 6) is 0.759. The number of nitrogens with one attached hydrogen (secondary N) is 1. The van der Waals surface area contributed by atoms with E-state index in [4.69, 9.17) is 0 Å². The van der Waals surface area contributed by atoms with Gasteiger partial charge in [0.1, 0.15) is 0 Å². The van der Waals surface area contributed by atoms with Crippen molar-refractivity contribution in [2.75, 3.05) is 36.4 Å². The summed E-state index contributed by atoms with van der Waals surface area (Å²) in [7, 11) is 0. The average Bonchev–Trinajstić information content (AvgIpc) is 3.24. The van der Waals surface area contributed by atoms with E-state index in [1.165, 1.54) is 17.1 Å². The highest BCUT2D eigenvalue weighted by atomic mass is 32.1. The van der Waals surface area contributed by atoms with E-state index in [1.54, 1.807) is 0 Å². The predicted molar refractivity (Wildman–Crippen MR) is 123 cm³/mol. The van der Waals surface area contributed by atoms with E-state index < -0.39 is 0 Å². The molecule has 0 bridgehead atoms. The second-order valence-corrected chi connectivity index (χ2v) is 9.23. The quantitative estimate of drug-likeness (QED) is 0.656. The van der Waals surface area contributed by atoms with Gasteiger partial charge in [0, 0.05) is 49.0 Å². The Morgan fingerprint density at radius 1 is 0.967 bits per heavy atom. The molecule has 0 saturated carbocycles. The second kappa shape index (κ2) is 8.44. The van der Waals surface area contributed by atoms with Crippen molar-refractivity contribution in [1.29, 1.82) is 0 Å². The lowest BCUT2D eigenvalue weighted by Crippen LogP contribution is -2.50. The smallest absolute Gasteiger partial charge is 0.321 e. The van der Waals surface area contributed by atoms with Crippen LogP contribution in [0.1, 0.15) is 26.3 Å². The van der Waals surface area contributed by atoms with Crippen LogP contribution in [0.15, 0.2) is 54.6 Å². The summed E-state index contributed by atoms with van der Waals surface area (Å²) in [5, 5.41) is 3.92. The van der Waals surface area contributed by atoms with E-state index in [0.29, 0.717) is 13.1 Å². The molecule has 0 atom stereocenters. The van der Waals surface area contributed by atoms with Crippen molar-refractivity contribution in [2.45, 2.75) is 26.2 Å². The Kier molecular flexibility index (Phi) is 5.72. The molecule has 2 amide bonds. The summed E-state index contributed by atoms with van der Waals surface area (Å²) in [5.41, 5.74) is 3.20. The van der Waals surface area contributed by atoms with Crippen molar-refractivity contribution in [3.8, 4) is 11.4 Å². The van der Waals surface area contributed by atoms with Crippen LogP contribution in [-0.2, 0) is 5.41 Å². The third kappa shape index (κ3) is 4.62. The maximum Gasteiger partial charge on any atom is 0.321 e. The molecule has 1 saturated heterocycles. The van der Waals surface area contributed by atoms with Crippen LogP contribution in [0.25, 0.3) is 11.4 Å². The van der Waals surface area contributed by atoms with Gasteiger partial charge in [0.15, 0.2) is 5.82 Å². The predicted octanol–water partition coefficient (Wildman–Crippen LogP) is 4.86. The van der Waals surface area contributed by atoms with Gasteiger partial charge in [-0.2, -0.15) is 9.36 Å². The van der Waals surface area contributed by atoms with E-state index in [1.807, 2.05) is 47.4 Å². The van der Waals surface area contributed by atoms with Gasteiger partial charge < -0.3 is 15.1 Å². The number of piperazine rings is 1. The summed E-state index contributed by atoms with van der Waals surface area (Å²) in [6.45, 7) is 9.36. The average molecular weight is 422 g/mol. The van der Waals surface area contributed by atoms with Gasteiger partial charge in [-0.25, -0.2) is 4.79 Å². The van der Waals surface area contributed by atoms with Crippen LogP contribution < -0.4 is 10.2 Å². The number of aromatic nitrogens is 2. The van der Waals surface area contributed by atoms with Crippen LogP contribution in [0, 0.1) is 0 Å². The fourth-order valence-corrected chi connectivity index (χ4v) is 4.15. The van der Waals surface area contributed by atoms with Crippen LogP contribution in [0.5, 0.6) is 0 Å². The lowest BCUT2D eigenvalue weighted by molar-refractivity contribution is 0.208. The molecule has 1 fully saturated rings. The Labute approximate surface area is 181 Å². The molecule has 1 aliphatic rings. The Morgan fingerprint density at radius 2 is 1.63 bits per heavy atom. The summed E-state index contributed by atoms with van der Waals surface area (Å²) < 4.78 is 4.49. The van der Waals surface area contributed by atoms with Gasteiger partial charge in [-0.3, -0.25) is 0 Å². The number of amides is 2. The molecule has 2 aromatic carbocycles. The number of carbonyl (C=O) groups is 1. The highest BCUT2D eigenvalue weighted by Gasteiger charge is 2.23. The molecule has 1 aliphatic heterocycles. The summed E-state index contributed by atoms with van der Waals surface area (Å²) in [4.78, 5) is 21.4. The molecule has 0 aliphatic carbocycles. The molecule has 156 valence electrons. The number of hydrogen-bond acceptors (Lipinski definition) is 5. The summed E-state index contributed by atoms with van der Waals surface area (Å²) in [6.07, 6.45) is 0. The van der Waals surface area contributed by atoms with Crippen LogP contribution in [0.4, 0.5) is 15.6 Å². The van der Waals surface area contributed by atoms with Crippen molar-refractivity contribution in [2.24, 2.45) is 0 Å². The Morgan fingerprint density at radius 3 is 2.27 bits per heavy atom. The number of benzene rings is 2. The van der Waals surface area contributed by atoms with Crippen LogP contribution in [-0.4, -0.2) is 46.5 Å². The highest BCUT2D eigenvalue weighted by Crippen LogP contribution is 2.25. The Hall–Kier alpha value is -2.93. The molecule has 0 unspecified atom stereocenters. The minimum absolute atomic E-state index is 0.0552. The number of carbonyl (C=O) groups excluding carboxylic acids is 1. The minimum Gasteiger partial charge on any atom is -0.343 e. The SMILES string of the molecule is CC(C)(C)c1ccc(NC(=O)N2CCN(c3nc(-c4ccccc4)ns3)CC2)cc1. The van der Waals surface area contributed by atoms with Crippen molar-refractivity contribution in [1.82, 2.24) is 14.3 Å². The number of hydrogen-bond donors (Lipinski definition) is 1. The van der Waals surface area contributed by atoms with Crippen molar-refractivity contribution < 1.29 is 4.79 Å². The van der Waals surface area contributed by atoms with Gasteiger partial charge in [-0.1, -0.05) is 63.2 Å². The molecule has 0 spiro atoms. The molecule has 1 N–H and O–H groups in total. The standard InChI is InChI=1S/C23H27N5OS/c1-23(2,3)18-9-11-19(12-10-18)24-21(29)27-13-15-28(16-14-27)22-25-20(26-30-22)17-7-5-4-6-8-17/h4-12H,13-16H2,1-3H3,(H,24,29). The van der Waals surface area contributed by atoms with E-state index >= 15 is 0 Å². The van der Waals surface area contributed by atoms with Gasteiger partial charge in [0.2, 0.25) is 5.13 Å². The van der Waals surface area contributed by atoms with E-state index in [9.17, 15) is 4.79 Å². The summed E-state index contributed by atoms with van der Waals surface area (Å²) in [6, 6.07) is 18.0. The number of anilines is 2. The monoisotopic (exact) mass is 421 g/mol. The molecule has 1 aromatic heterocycles. The maximum atomic E-state index is 12.7. The Bertz CT molecular complexity index is 986. The van der Waals surface area contributed by atoms with Crippen molar-refractivity contribution in [3.05, 3.63) is 60.2 Å². The molecule has 3 aromatic rings. The second-order valence-electron chi connectivity index (χ2n) is 8.50. The maximum absolute atomic E-state index is 12.7. The number of urea groups is 1. The zero-order valence-electron chi connectivity index (χ0n) is 17.6. The zero-order valence-corrected chi connectivity index (χ0v) is 18.4. The molecular formula is C23H27N5OS. The first-order valence-electron chi connectivity index (χ1n) is 10.2. The first-order chi connectivity index (χ1) is 14.4. The van der Waals surface area contributed by atoms with E-state index in [-0.39, 0.29) is 11.4 Å². The Balaban J connectivity index is 1.32. The van der Waals surface area contributed by atoms with Crippen LogP contribution >= 0.6 is 11.5 Å². The van der Waals surface area contributed by atoms with Gasteiger partial charge in [0.25, 0.3) is 0 Å². The normalized spacial score (nSPS) is 14.6. The topological polar surface area (TPSA) is 61.4 Å². The summed E-state index contributed by atoms with van der Waals surface area (Å²) >= 11 is 1.41.